The van der Waals surface area contributed by atoms with Crippen molar-refractivity contribution in [1.29, 1.82) is 0 Å². The van der Waals surface area contributed by atoms with Gasteiger partial charge >= 0.3 is 7.12 Å². The Morgan fingerprint density at radius 1 is 1.02 bits per heavy atom. The summed E-state index contributed by atoms with van der Waals surface area (Å²) in [5.41, 5.74) is 4.08. The van der Waals surface area contributed by atoms with Crippen LogP contribution >= 0.6 is 11.3 Å². The number of β-amino-alcohol motifs (C(OH)–C–C–N with tert-alkyl or cyclic N) is 1. The number of benzene rings is 2. The smallest absolute Gasteiger partial charge is 0.491 e. The maximum absolute atomic E-state index is 14.0. The number of carbonyl (C=O) groups is 3. The molecule has 3 N–H and O–H groups in total. The molecule has 0 spiro atoms. The van der Waals surface area contributed by atoms with Gasteiger partial charge in [-0.25, -0.2) is 4.98 Å². The van der Waals surface area contributed by atoms with Gasteiger partial charge < -0.3 is 39.4 Å². The molecule has 1 aromatic heterocycles. The lowest BCUT2D eigenvalue weighted by Gasteiger charge is -2.35. The van der Waals surface area contributed by atoms with Gasteiger partial charge in [0.05, 0.1) is 46.0 Å². The lowest BCUT2D eigenvalue weighted by atomic mass is 9.79. The van der Waals surface area contributed by atoms with Crippen LogP contribution in [0.1, 0.15) is 79.1 Å². The highest BCUT2D eigenvalue weighted by atomic mass is 32.1. The molecule has 3 heterocycles. The first-order chi connectivity index (χ1) is 24.9. The normalized spacial score (nSPS) is 20.6. The van der Waals surface area contributed by atoms with Crippen LogP contribution < -0.4 is 20.8 Å². The molecular formula is C39H53BN4O8S. The van der Waals surface area contributed by atoms with Gasteiger partial charge in [-0.1, -0.05) is 57.2 Å². The highest BCUT2D eigenvalue weighted by Crippen LogP contribution is 2.36. The fourth-order valence-electron chi connectivity index (χ4n) is 6.30. The molecule has 0 saturated carbocycles. The second kappa shape index (κ2) is 16.3. The third-order valence-electron chi connectivity index (χ3n) is 10.2. The summed E-state index contributed by atoms with van der Waals surface area (Å²) in [7, 11) is -0.463. The number of hydrogen-bond donors (Lipinski definition) is 3. The van der Waals surface area contributed by atoms with Crippen LogP contribution in [0, 0.1) is 12.3 Å². The van der Waals surface area contributed by atoms with Crippen molar-refractivity contribution in [2.75, 3.05) is 26.4 Å². The molecule has 14 heteroatoms. The van der Waals surface area contributed by atoms with Crippen LogP contribution in [-0.4, -0.2) is 95.6 Å². The molecule has 5 rings (SSSR count). The monoisotopic (exact) mass is 748 g/mol. The van der Waals surface area contributed by atoms with Crippen molar-refractivity contribution >= 4 is 41.6 Å². The number of hydrogen-bond acceptors (Lipinski definition) is 10. The molecule has 286 valence electrons. The lowest BCUT2D eigenvalue weighted by molar-refractivity contribution is -0.144. The molecule has 0 aliphatic carbocycles. The van der Waals surface area contributed by atoms with Gasteiger partial charge in [0.2, 0.25) is 17.7 Å². The number of aromatic nitrogens is 1. The highest BCUT2D eigenvalue weighted by Gasteiger charge is 2.51. The molecule has 4 atom stereocenters. The summed E-state index contributed by atoms with van der Waals surface area (Å²) >= 11 is 1.58. The number of aliphatic hydroxyl groups is 1. The van der Waals surface area contributed by atoms with Crippen molar-refractivity contribution in [2.24, 2.45) is 5.41 Å². The van der Waals surface area contributed by atoms with E-state index in [0.29, 0.717) is 5.75 Å². The molecule has 2 aliphatic heterocycles. The topological polar surface area (TPSA) is 149 Å². The van der Waals surface area contributed by atoms with E-state index < -0.39 is 53.7 Å². The van der Waals surface area contributed by atoms with Gasteiger partial charge in [-0.15, -0.1) is 11.3 Å². The summed E-state index contributed by atoms with van der Waals surface area (Å²) in [5, 5.41) is 16.4. The average Bonchev–Trinajstić information content (AvgIpc) is 3.76. The van der Waals surface area contributed by atoms with Crippen LogP contribution in [0.5, 0.6) is 5.75 Å². The van der Waals surface area contributed by atoms with Crippen molar-refractivity contribution in [2.45, 2.75) is 104 Å². The number of nitrogens with one attached hydrogen (secondary N) is 2. The van der Waals surface area contributed by atoms with E-state index in [-0.39, 0.29) is 44.7 Å². The molecule has 2 aromatic carbocycles. The molecule has 53 heavy (non-hydrogen) atoms. The Kier molecular flexibility index (Phi) is 12.4. The summed E-state index contributed by atoms with van der Waals surface area (Å²) in [4.78, 5) is 47.3. The SMILES string of the molecule is Cc1ncsc1-c1ccc([C@H](C)NC(=O)[C@H]2C[C@H](O)CN2C(=O)[C@@H](NC(=O)COCCOc2ccc(B3OC(C)(C)C(C)(C)O3)cc2)C(C)(C)C)cc1. The predicted molar refractivity (Wildman–Crippen MR) is 205 cm³/mol. The molecule has 2 fully saturated rings. The first kappa shape index (κ1) is 40.4. The molecule has 0 radical (unpaired) electrons. The van der Waals surface area contributed by atoms with E-state index in [1.165, 1.54) is 4.90 Å². The number of ether oxygens (including phenoxy) is 2. The van der Waals surface area contributed by atoms with E-state index in [9.17, 15) is 19.5 Å². The van der Waals surface area contributed by atoms with Crippen LogP contribution in [0.2, 0.25) is 0 Å². The maximum atomic E-state index is 14.0. The van der Waals surface area contributed by atoms with Crippen molar-refractivity contribution in [3.63, 3.8) is 0 Å². The van der Waals surface area contributed by atoms with Gasteiger partial charge in [0.1, 0.15) is 31.0 Å². The number of carbonyl (C=O) groups excluding carboxylic acids is 3. The maximum Gasteiger partial charge on any atom is 0.494 e. The Bertz CT molecular complexity index is 1720. The minimum atomic E-state index is -0.960. The number of amides is 3. The zero-order valence-electron chi connectivity index (χ0n) is 32.2. The summed E-state index contributed by atoms with van der Waals surface area (Å²) in [6.07, 6.45) is -0.769. The van der Waals surface area contributed by atoms with Crippen molar-refractivity contribution in [3.8, 4) is 16.2 Å². The molecule has 12 nitrogen and oxygen atoms in total. The van der Waals surface area contributed by atoms with Crippen molar-refractivity contribution in [1.82, 2.24) is 20.5 Å². The van der Waals surface area contributed by atoms with E-state index in [0.717, 1.165) is 27.2 Å². The van der Waals surface area contributed by atoms with E-state index >= 15 is 0 Å². The Morgan fingerprint density at radius 2 is 1.66 bits per heavy atom. The quantitative estimate of drug-likeness (QED) is 0.173. The van der Waals surface area contributed by atoms with E-state index in [2.05, 4.69) is 15.6 Å². The van der Waals surface area contributed by atoms with Crippen LogP contribution in [0.15, 0.2) is 54.0 Å². The number of likely N-dealkylation sites (tertiary alicyclic amines) is 1. The van der Waals surface area contributed by atoms with Crippen LogP contribution in [-0.2, 0) is 28.4 Å². The first-order valence-corrected chi connectivity index (χ1v) is 19.0. The zero-order chi connectivity index (χ0) is 38.7. The molecule has 0 bridgehead atoms. The van der Waals surface area contributed by atoms with Crippen molar-refractivity contribution < 1.29 is 38.3 Å². The summed E-state index contributed by atoms with van der Waals surface area (Å²) < 4.78 is 23.6. The third kappa shape index (κ3) is 9.65. The highest BCUT2D eigenvalue weighted by molar-refractivity contribution is 7.13. The molecule has 3 aromatic rings. The van der Waals surface area contributed by atoms with E-state index in [1.807, 2.05) is 116 Å². The standard InChI is InChI=1S/C39H53BN4O8S/c1-24(26-10-12-27(13-11-26)33-25(2)41-23-53-33)42-35(47)31-20-29(45)21-44(31)36(48)34(37(3,4)5)43-32(46)22-49-18-19-50-30-16-14-28(15-17-30)40-51-38(6,7)39(8,9)52-40/h10-17,23-24,29,31,34,45H,18-22H2,1-9H3,(H,42,47)(H,43,46)/t24-,29-,31+,34+/m0/s1. The largest absolute Gasteiger partial charge is 0.494 e. The van der Waals surface area contributed by atoms with Crippen LogP contribution in [0.4, 0.5) is 0 Å². The minimum absolute atomic E-state index is 0.0118. The Labute approximate surface area is 317 Å². The number of aryl methyl sites for hydroxylation is 1. The van der Waals surface area contributed by atoms with Gasteiger partial charge in [0, 0.05) is 13.0 Å². The van der Waals surface area contributed by atoms with E-state index in [4.69, 9.17) is 18.8 Å². The summed E-state index contributed by atoms with van der Waals surface area (Å²) in [6, 6.07) is 13.2. The van der Waals surface area contributed by atoms with Gasteiger partial charge in [-0.3, -0.25) is 14.4 Å². The Morgan fingerprint density at radius 3 is 2.25 bits per heavy atom. The second-order valence-electron chi connectivity index (χ2n) is 15.9. The average molecular weight is 749 g/mol. The fourth-order valence-corrected chi connectivity index (χ4v) is 7.11. The van der Waals surface area contributed by atoms with E-state index in [1.54, 1.807) is 11.3 Å². The van der Waals surface area contributed by atoms with Gasteiger partial charge in [-0.2, -0.15) is 0 Å². The Hall–Kier alpha value is -3.82. The number of thiazole rings is 1. The van der Waals surface area contributed by atoms with Gasteiger partial charge in [0.15, 0.2) is 0 Å². The molecule has 0 unspecified atom stereocenters. The molecular weight excluding hydrogens is 695 g/mol. The van der Waals surface area contributed by atoms with Crippen LogP contribution in [0.3, 0.4) is 0 Å². The molecule has 3 amide bonds. The van der Waals surface area contributed by atoms with Crippen LogP contribution in [0.25, 0.3) is 10.4 Å². The summed E-state index contributed by atoms with van der Waals surface area (Å²) in [5.74, 6) is -0.643. The zero-order valence-corrected chi connectivity index (χ0v) is 33.0. The summed E-state index contributed by atoms with van der Waals surface area (Å²) in [6.45, 7) is 17.5. The van der Waals surface area contributed by atoms with Crippen molar-refractivity contribution in [3.05, 3.63) is 65.3 Å². The number of rotatable bonds is 13. The lowest BCUT2D eigenvalue weighted by Crippen LogP contribution is -2.58. The molecule has 2 aliphatic rings. The van der Waals surface area contributed by atoms with Gasteiger partial charge in [-0.05, 0) is 75.7 Å². The first-order valence-electron chi connectivity index (χ1n) is 18.1. The Balaban J connectivity index is 1.10. The molecule has 2 saturated heterocycles. The fraction of sp³-hybridized carbons (Fsp3) is 0.538. The van der Waals surface area contributed by atoms with Gasteiger partial charge in [0.25, 0.3) is 0 Å². The number of aliphatic hydroxyl groups excluding tert-OH is 1. The second-order valence-corrected chi connectivity index (χ2v) is 16.8. The minimum Gasteiger partial charge on any atom is -0.491 e. The third-order valence-corrected chi connectivity index (χ3v) is 11.2. The predicted octanol–water partition coefficient (Wildman–Crippen LogP) is 4.18. The number of nitrogens with zero attached hydrogens (tertiary/aromatic N) is 2.